The summed E-state index contributed by atoms with van der Waals surface area (Å²) in [5, 5.41) is 17.0. The Labute approximate surface area is 193 Å². The maximum atomic E-state index is 12.5. The second kappa shape index (κ2) is 11.5. The third-order valence-electron chi connectivity index (χ3n) is 4.82. The summed E-state index contributed by atoms with van der Waals surface area (Å²) in [5.74, 6) is 0.297. The number of benzene rings is 2. The van der Waals surface area contributed by atoms with E-state index in [2.05, 4.69) is 11.9 Å². The lowest BCUT2D eigenvalue weighted by molar-refractivity contribution is -0.117. The Morgan fingerprint density at radius 1 is 1.27 bits per heavy atom. The van der Waals surface area contributed by atoms with Gasteiger partial charge in [-0.05, 0) is 48.9 Å². The number of rotatable bonds is 10. The molecular weight excluding hydrogens is 416 g/mol. The van der Waals surface area contributed by atoms with E-state index in [1.54, 1.807) is 23.9 Å². The molecule has 0 aliphatic rings. The van der Waals surface area contributed by atoms with Gasteiger partial charge < -0.3 is 14.8 Å². The third kappa shape index (κ3) is 5.97. The lowest BCUT2D eigenvalue weighted by Gasteiger charge is -2.09. The van der Waals surface area contributed by atoms with Gasteiger partial charge in [0.25, 0.3) is 5.91 Å². The molecule has 0 radical (unpaired) electrons. The molecule has 0 aliphatic heterocycles. The molecule has 2 aromatic carbocycles. The van der Waals surface area contributed by atoms with E-state index in [0.717, 1.165) is 22.6 Å². The first kappa shape index (κ1) is 23.5. The Kier molecular flexibility index (Phi) is 8.17. The predicted molar refractivity (Wildman–Crippen MR) is 128 cm³/mol. The fourth-order valence-corrected chi connectivity index (χ4v) is 3.20. The van der Waals surface area contributed by atoms with Crippen molar-refractivity contribution in [2.75, 3.05) is 26.9 Å². The van der Waals surface area contributed by atoms with Crippen molar-refractivity contribution in [2.24, 2.45) is 0 Å². The number of methoxy groups -OCH3 is 1. The summed E-state index contributed by atoms with van der Waals surface area (Å²) in [6, 6.07) is 17.4. The van der Waals surface area contributed by atoms with Gasteiger partial charge in [-0.3, -0.25) is 4.79 Å². The van der Waals surface area contributed by atoms with Crippen LogP contribution < -0.4 is 10.1 Å². The minimum Gasteiger partial charge on any atom is -0.489 e. The van der Waals surface area contributed by atoms with Crippen LogP contribution in [0, 0.1) is 18.3 Å². The van der Waals surface area contributed by atoms with Crippen molar-refractivity contribution in [3.8, 4) is 28.8 Å². The molecule has 1 amide bonds. The number of carbonyl (C=O) groups excluding carboxylic acids is 1. The molecule has 0 fully saturated rings. The van der Waals surface area contributed by atoms with Gasteiger partial charge in [0.2, 0.25) is 0 Å². The summed E-state index contributed by atoms with van der Waals surface area (Å²) in [7, 11) is 1.55. The minimum atomic E-state index is -0.461. The van der Waals surface area contributed by atoms with Gasteiger partial charge in [-0.15, -0.1) is 0 Å². The molecule has 3 aromatic rings. The van der Waals surface area contributed by atoms with Gasteiger partial charge >= 0.3 is 0 Å². The van der Waals surface area contributed by atoms with Crippen LogP contribution in [0.2, 0.25) is 0 Å². The predicted octanol–water partition coefficient (Wildman–Crippen LogP) is 4.08. The first-order valence-corrected chi connectivity index (χ1v) is 10.5. The van der Waals surface area contributed by atoms with Crippen LogP contribution in [0.4, 0.5) is 0 Å². The summed E-state index contributed by atoms with van der Waals surface area (Å²) >= 11 is 0. The number of hydrogen-bond donors (Lipinski definition) is 1. The molecule has 0 atom stereocenters. The fraction of sp³-hybridized carbons (Fsp3) is 0.192. The zero-order valence-electron chi connectivity index (χ0n) is 18.7. The lowest BCUT2D eigenvalue weighted by atomic mass is 10.0. The van der Waals surface area contributed by atoms with E-state index in [9.17, 15) is 10.1 Å². The number of aryl methyl sites for hydroxylation is 1. The minimum absolute atomic E-state index is 0.0115. The Balaban J connectivity index is 2.04. The smallest absolute Gasteiger partial charge is 0.262 e. The van der Waals surface area contributed by atoms with Crippen LogP contribution in [-0.4, -0.2) is 42.6 Å². The highest BCUT2D eigenvalue weighted by Gasteiger charge is 2.16. The van der Waals surface area contributed by atoms with Gasteiger partial charge in [0.1, 0.15) is 29.7 Å². The van der Waals surface area contributed by atoms with Crippen molar-refractivity contribution >= 4 is 12.0 Å². The normalized spacial score (nSPS) is 11.0. The average Bonchev–Trinajstić information content (AvgIpc) is 3.26. The maximum absolute atomic E-state index is 12.5. The van der Waals surface area contributed by atoms with E-state index in [1.165, 1.54) is 0 Å². The molecule has 0 saturated carbocycles. The molecule has 1 aromatic heterocycles. The van der Waals surface area contributed by atoms with Gasteiger partial charge in [-0.2, -0.15) is 10.4 Å². The largest absolute Gasteiger partial charge is 0.489 e. The highest BCUT2D eigenvalue weighted by atomic mass is 16.5. The van der Waals surface area contributed by atoms with Gasteiger partial charge in [0.15, 0.2) is 0 Å². The topological polar surface area (TPSA) is 89.2 Å². The third-order valence-corrected chi connectivity index (χ3v) is 4.82. The molecule has 0 bridgehead atoms. The number of nitrogens with one attached hydrogen (secondary N) is 1. The van der Waals surface area contributed by atoms with Crippen LogP contribution in [0.5, 0.6) is 5.75 Å². The second-order valence-electron chi connectivity index (χ2n) is 7.21. The number of hydrogen-bond acceptors (Lipinski definition) is 5. The van der Waals surface area contributed by atoms with Gasteiger partial charge in [-0.1, -0.05) is 30.9 Å². The lowest BCUT2D eigenvalue weighted by Crippen LogP contribution is -2.27. The molecule has 0 aliphatic carbocycles. The van der Waals surface area contributed by atoms with Crippen molar-refractivity contribution in [1.82, 2.24) is 15.1 Å². The van der Waals surface area contributed by atoms with Crippen molar-refractivity contribution < 1.29 is 14.3 Å². The molecule has 0 saturated heterocycles. The number of amides is 1. The molecular formula is C26H26N4O3. The number of aromatic nitrogens is 2. The van der Waals surface area contributed by atoms with Crippen molar-refractivity contribution in [3.05, 3.63) is 84.1 Å². The molecule has 7 heteroatoms. The summed E-state index contributed by atoms with van der Waals surface area (Å²) in [5.41, 5.74) is 3.94. The Bertz CT molecular complexity index is 1190. The van der Waals surface area contributed by atoms with Crippen LogP contribution in [0.1, 0.15) is 11.1 Å². The van der Waals surface area contributed by atoms with E-state index in [-0.39, 0.29) is 5.57 Å². The van der Waals surface area contributed by atoms with E-state index >= 15 is 0 Å². The average molecular weight is 443 g/mol. The van der Waals surface area contributed by atoms with Gasteiger partial charge in [0.05, 0.1) is 12.3 Å². The summed E-state index contributed by atoms with van der Waals surface area (Å²) in [6.45, 7) is 6.73. The summed E-state index contributed by atoms with van der Waals surface area (Å²) in [6.07, 6.45) is 5.06. The van der Waals surface area contributed by atoms with Crippen LogP contribution in [-0.2, 0) is 9.53 Å². The molecule has 3 rings (SSSR count). The molecule has 1 heterocycles. The van der Waals surface area contributed by atoms with Crippen molar-refractivity contribution in [3.63, 3.8) is 0 Å². The zero-order chi connectivity index (χ0) is 23.6. The van der Waals surface area contributed by atoms with Crippen LogP contribution in [0.3, 0.4) is 0 Å². The summed E-state index contributed by atoms with van der Waals surface area (Å²) < 4.78 is 12.4. The zero-order valence-corrected chi connectivity index (χ0v) is 18.7. The molecule has 0 spiro atoms. The van der Waals surface area contributed by atoms with Crippen molar-refractivity contribution in [1.29, 1.82) is 5.26 Å². The second-order valence-corrected chi connectivity index (χ2v) is 7.21. The Morgan fingerprint density at radius 3 is 2.73 bits per heavy atom. The highest BCUT2D eigenvalue weighted by Crippen LogP contribution is 2.30. The molecule has 168 valence electrons. The first-order valence-electron chi connectivity index (χ1n) is 10.5. The van der Waals surface area contributed by atoms with Gasteiger partial charge in [-0.25, -0.2) is 4.68 Å². The number of nitriles is 1. The van der Waals surface area contributed by atoms with Crippen LogP contribution >= 0.6 is 0 Å². The molecule has 7 nitrogen and oxygen atoms in total. The monoisotopic (exact) mass is 442 g/mol. The first-order chi connectivity index (χ1) is 16.1. The standard InChI is InChI=1S/C26H26N4O3/c1-4-13-33-24-11-10-20(15-19(24)2)25-22(16-21(17-27)26(31)28-12-14-32-3)18-30(29-25)23-8-6-5-7-9-23/h4-11,15-16,18H,1,12-14H2,2-3H3,(H,28,31)/b21-16+. The van der Waals surface area contributed by atoms with E-state index in [0.29, 0.717) is 31.0 Å². The Hall–Kier alpha value is -4.15. The van der Waals surface area contributed by atoms with Crippen LogP contribution in [0.15, 0.2) is 73.0 Å². The number of ether oxygens (including phenoxy) is 2. The number of carbonyl (C=O) groups is 1. The highest BCUT2D eigenvalue weighted by molar-refractivity contribution is 6.02. The number of para-hydroxylation sites is 1. The van der Waals surface area contributed by atoms with Crippen LogP contribution in [0.25, 0.3) is 23.0 Å². The summed E-state index contributed by atoms with van der Waals surface area (Å²) in [4.78, 5) is 12.5. The molecule has 33 heavy (non-hydrogen) atoms. The molecule has 1 N–H and O–H groups in total. The van der Waals surface area contributed by atoms with Gasteiger partial charge in [0, 0.05) is 31.0 Å². The molecule has 0 unspecified atom stereocenters. The number of nitrogens with zero attached hydrogens (tertiary/aromatic N) is 3. The van der Waals surface area contributed by atoms with E-state index in [4.69, 9.17) is 14.6 Å². The van der Waals surface area contributed by atoms with E-state index in [1.807, 2.05) is 67.7 Å². The Morgan fingerprint density at radius 2 is 2.06 bits per heavy atom. The SMILES string of the molecule is C=CCOc1ccc(-c2nn(-c3ccccc3)cc2/C=C(\C#N)C(=O)NCCOC)cc1C. The maximum Gasteiger partial charge on any atom is 0.262 e. The van der Waals surface area contributed by atoms with E-state index < -0.39 is 5.91 Å². The fourth-order valence-electron chi connectivity index (χ4n) is 3.20. The quantitative estimate of drug-likeness (QED) is 0.221. The van der Waals surface area contributed by atoms with Crippen molar-refractivity contribution in [2.45, 2.75) is 6.92 Å².